The van der Waals surface area contributed by atoms with Gasteiger partial charge in [0.25, 0.3) is 0 Å². The summed E-state index contributed by atoms with van der Waals surface area (Å²) in [6.45, 7) is 8.49. The molecule has 0 saturated heterocycles. The maximum absolute atomic E-state index is 11.9. The van der Waals surface area contributed by atoms with Crippen LogP contribution in [0.25, 0.3) is 0 Å². The molecule has 0 amide bonds. The highest BCUT2D eigenvalue weighted by molar-refractivity contribution is 5.87. The van der Waals surface area contributed by atoms with Gasteiger partial charge in [-0.05, 0) is 26.1 Å². The fraction of sp³-hybridized carbons (Fsp3) is 0.500. The molecule has 0 unspecified atom stereocenters. The molecule has 0 fully saturated rings. The van der Waals surface area contributed by atoms with E-state index in [-0.39, 0.29) is 5.69 Å². The van der Waals surface area contributed by atoms with Gasteiger partial charge in [-0.2, -0.15) is 0 Å². The second-order valence-corrected chi connectivity index (χ2v) is 4.40. The topological polar surface area (TPSA) is 51.7 Å². The zero-order valence-corrected chi connectivity index (χ0v) is 13.0. The third-order valence-corrected chi connectivity index (χ3v) is 2.93. The van der Waals surface area contributed by atoms with E-state index < -0.39 is 12.1 Å². The Morgan fingerprint density at radius 2 is 2.10 bits per heavy atom. The maximum atomic E-state index is 11.9. The number of hydrogen-bond donors (Lipinski definition) is 0. The first-order valence-corrected chi connectivity index (χ1v) is 7.03. The summed E-state index contributed by atoms with van der Waals surface area (Å²) in [5.74, 6) is 5.82. The molecule has 21 heavy (non-hydrogen) atoms. The van der Waals surface area contributed by atoms with E-state index in [1.165, 1.54) is 7.11 Å². The molecule has 0 radical (unpaired) electrons. The van der Waals surface area contributed by atoms with Crippen molar-refractivity contribution in [3.05, 3.63) is 23.9 Å². The minimum atomic E-state index is -0.501. The van der Waals surface area contributed by atoms with Crippen molar-refractivity contribution in [2.24, 2.45) is 0 Å². The van der Waals surface area contributed by atoms with E-state index in [4.69, 9.17) is 9.47 Å². The second kappa shape index (κ2) is 8.98. The van der Waals surface area contributed by atoms with Crippen LogP contribution in [0.3, 0.4) is 0 Å². The summed E-state index contributed by atoms with van der Waals surface area (Å²) in [6.07, 6.45) is -0.471. The lowest BCUT2D eigenvalue weighted by Crippen LogP contribution is -2.23. The molecule has 0 spiro atoms. The first kappa shape index (κ1) is 17.0. The number of hydrogen-bond acceptors (Lipinski definition) is 5. The number of ether oxygens (including phenoxy) is 2. The van der Waals surface area contributed by atoms with Crippen molar-refractivity contribution in [2.75, 3.05) is 26.7 Å². The van der Waals surface area contributed by atoms with Crippen LogP contribution >= 0.6 is 0 Å². The normalized spacial score (nSPS) is 11.5. The summed E-state index contributed by atoms with van der Waals surface area (Å²) in [5.41, 5.74) is 0.215. The minimum Gasteiger partial charge on any atom is -0.481 e. The molecule has 1 atom stereocenters. The monoisotopic (exact) mass is 290 g/mol. The minimum absolute atomic E-state index is 0.215. The van der Waals surface area contributed by atoms with Crippen LogP contribution < -0.4 is 4.74 Å². The van der Waals surface area contributed by atoms with Gasteiger partial charge in [0.1, 0.15) is 0 Å². The molecular formula is C16H22N2O3. The summed E-state index contributed by atoms with van der Waals surface area (Å²) >= 11 is 0. The number of aromatic nitrogens is 1. The summed E-state index contributed by atoms with van der Waals surface area (Å²) in [5, 5.41) is 0. The Morgan fingerprint density at radius 3 is 2.71 bits per heavy atom. The van der Waals surface area contributed by atoms with E-state index in [2.05, 4.69) is 35.6 Å². The Hall–Kier alpha value is -2.06. The van der Waals surface area contributed by atoms with Crippen molar-refractivity contribution < 1.29 is 14.3 Å². The number of carbonyl (C=O) groups is 1. The van der Waals surface area contributed by atoms with Crippen molar-refractivity contribution in [2.45, 2.75) is 26.9 Å². The lowest BCUT2D eigenvalue weighted by molar-refractivity contribution is 0.0430. The summed E-state index contributed by atoms with van der Waals surface area (Å²) in [7, 11) is 1.50. The molecule has 0 aliphatic carbocycles. The average molecular weight is 290 g/mol. The van der Waals surface area contributed by atoms with Gasteiger partial charge in [0.05, 0.1) is 13.7 Å². The lowest BCUT2D eigenvalue weighted by Gasteiger charge is -2.13. The Labute approximate surface area is 126 Å². The standard InChI is InChI=1S/C16H22N2O3/c1-5-18(6-2)12-8-9-13(3)21-16(19)14-10-7-11-15(17-14)20-4/h7,10-11,13H,5-6,12H2,1-4H3/t13-/m0/s1. The van der Waals surface area contributed by atoms with Gasteiger partial charge in [-0.1, -0.05) is 31.8 Å². The van der Waals surface area contributed by atoms with E-state index in [9.17, 15) is 4.79 Å². The zero-order chi connectivity index (χ0) is 15.7. The Bertz CT molecular complexity index is 516. The summed E-state index contributed by atoms with van der Waals surface area (Å²) < 4.78 is 10.2. The first-order valence-electron chi connectivity index (χ1n) is 7.03. The predicted molar refractivity (Wildman–Crippen MR) is 81.2 cm³/mol. The molecule has 0 aromatic carbocycles. The van der Waals surface area contributed by atoms with Crippen molar-refractivity contribution in [3.63, 3.8) is 0 Å². The Morgan fingerprint density at radius 1 is 1.38 bits per heavy atom. The highest BCUT2D eigenvalue weighted by Crippen LogP contribution is 2.08. The molecule has 114 valence electrons. The molecule has 1 heterocycles. The number of rotatable bonds is 6. The molecule has 0 aliphatic rings. The Balaban J connectivity index is 2.56. The summed E-state index contributed by atoms with van der Waals surface area (Å²) in [6, 6.07) is 4.95. The van der Waals surface area contributed by atoms with Crippen LogP contribution in [0.2, 0.25) is 0 Å². The van der Waals surface area contributed by atoms with Crippen molar-refractivity contribution >= 4 is 5.97 Å². The van der Waals surface area contributed by atoms with Crippen molar-refractivity contribution in [1.29, 1.82) is 0 Å². The smallest absolute Gasteiger partial charge is 0.358 e. The van der Waals surface area contributed by atoms with Crippen molar-refractivity contribution in [3.8, 4) is 17.7 Å². The number of carbonyl (C=O) groups excluding carboxylic acids is 1. The number of esters is 1. The molecule has 1 aromatic heterocycles. The SMILES string of the molecule is CCN(CC)CC#C[C@H](C)OC(=O)c1cccc(OC)n1. The highest BCUT2D eigenvalue weighted by atomic mass is 16.5. The average Bonchev–Trinajstić information content (AvgIpc) is 2.51. The van der Waals surface area contributed by atoms with Gasteiger partial charge in [-0.3, -0.25) is 4.90 Å². The molecule has 0 aliphatic heterocycles. The first-order chi connectivity index (χ1) is 10.1. The molecule has 0 bridgehead atoms. The lowest BCUT2D eigenvalue weighted by atomic mass is 10.3. The van der Waals surface area contributed by atoms with E-state index in [1.54, 1.807) is 25.1 Å². The van der Waals surface area contributed by atoms with Gasteiger partial charge in [-0.15, -0.1) is 0 Å². The molecule has 1 aromatic rings. The molecule has 1 rings (SSSR count). The van der Waals surface area contributed by atoms with Gasteiger partial charge < -0.3 is 9.47 Å². The van der Waals surface area contributed by atoms with Gasteiger partial charge in [0.2, 0.25) is 5.88 Å². The number of pyridine rings is 1. The maximum Gasteiger partial charge on any atom is 0.358 e. The van der Waals surface area contributed by atoms with E-state index in [0.717, 1.165) is 13.1 Å². The van der Waals surface area contributed by atoms with Crippen LogP contribution in [0.4, 0.5) is 0 Å². The molecule has 5 nitrogen and oxygen atoms in total. The number of nitrogens with zero attached hydrogens (tertiary/aromatic N) is 2. The van der Waals surface area contributed by atoms with E-state index in [1.807, 2.05) is 0 Å². The second-order valence-electron chi connectivity index (χ2n) is 4.40. The molecule has 0 saturated carbocycles. The van der Waals surface area contributed by atoms with Gasteiger partial charge in [0, 0.05) is 6.07 Å². The fourth-order valence-electron chi connectivity index (χ4n) is 1.64. The van der Waals surface area contributed by atoms with Crippen LogP contribution in [0.1, 0.15) is 31.3 Å². The van der Waals surface area contributed by atoms with Crippen molar-refractivity contribution in [1.82, 2.24) is 9.88 Å². The number of methoxy groups -OCH3 is 1. The predicted octanol–water partition coefficient (Wildman–Crippen LogP) is 1.98. The van der Waals surface area contributed by atoms with Gasteiger partial charge >= 0.3 is 5.97 Å². The summed E-state index contributed by atoms with van der Waals surface area (Å²) in [4.78, 5) is 18.1. The van der Waals surface area contributed by atoms with Crippen LogP contribution in [-0.2, 0) is 4.74 Å². The van der Waals surface area contributed by atoms with Gasteiger partial charge in [-0.25, -0.2) is 9.78 Å². The Kier molecular flexibility index (Phi) is 7.27. The van der Waals surface area contributed by atoms with Crippen LogP contribution in [0, 0.1) is 11.8 Å². The molecule has 0 N–H and O–H groups in total. The zero-order valence-electron chi connectivity index (χ0n) is 13.0. The van der Waals surface area contributed by atoms with Crippen LogP contribution in [0.15, 0.2) is 18.2 Å². The molecule has 5 heteroatoms. The largest absolute Gasteiger partial charge is 0.481 e. The quantitative estimate of drug-likeness (QED) is 0.592. The van der Waals surface area contributed by atoms with E-state index in [0.29, 0.717) is 12.4 Å². The third-order valence-electron chi connectivity index (χ3n) is 2.93. The van der Waals surface area contributed by atoms with Crippen LogP contribution in [-0.4, -0.2) is 48.7 Å². The molecular weight excluding hydrogens is 268 g/mol. The third kappa shape index (κ3) is 5.84. The highest BCUT2D eigenvalue weighted by Gasteiger charge is 2.12. The fourth-order valence-corrected chi connectivity index (χ4v) is 1.64. The van der Waals surface area contributed by atoms with Gasteiger partial charge in [0.15, 0.2) is 11.8 Å². The van der Waals surface area contributed by atoms with Crippen LogP contribution in [0.5, 0.6) is 5.88 Å². The van der Waals surface area contributed by atoms with E-state index >= 15 is 0 Å².